The Morgan fingerprint density at radius 1 is 1.33 bits per heavy atom. The zero-order valence-corrected chi connectivity index (χ0v) is 12.8. The van der Waals surface area contributed by atoms with E-state index in [2.05, 4.69) is 16.1 Å². The first-order valence-corrected chi connectivity index (χ1v) is 6.75. The molecule has 0 bridgehead atoms. The van der Waals surface area contributed by atoms with Gasteiger partial charge in [0.05, 0.1) is 5.69 Å². The SMILES string of the molecule is Cl.Cn1nc2c(cc1=O)CN(Cc1cccc(N)c1)CC2. The van der Waals surface area contributed by atoms with Crippen LogP contribution in [0.3, 0.4) is 0 Å². The van der Waals surface area contributed by atoms with E-state index in [-0.39, 0.29) is 18.0 Å². The number of aromatic nitrogens is 2. The van der Waals surface area contributed by atoms with Gasteiger partial charge < -0.3 is 5.73 Å². The van der Waals surface area contributed by atoms with Crippen LogP contribution < -0.4 is 11.3 Å². The highest BCUT2D eigenvalue weighted by Gasteiger charge is 2.18. The highest BCUT2D eigenvalue weighted by Crippen LogP contribution is 2.18. The van der Waals surface area contributed by atoms with E-state index >= 15 is 0 Å². The molecule has 21 heavy (non-hydrogen) atoms. The van der Waals surface area contributed by atoms with Crippen LogP contribution in [0.25, 0.3) is 0 Å². The average molecular weight is 307 g/mol. The van der Waals surface area contributed by atoms with Crippen molar-refractivity contribution in [1.82, 2.24) is 14.7 Å². The Labute approximate surface area is 129 Å². The monoisotopic (exact) mass is 306 g/mol. The molecule has 0 saturated carbocycles. The third-order valence-electron chi connectivity index (χ3n) is 3.67. The third kappa shape index (κ3) is 3.43. The van der Waals surface area contributed by atoms with Gasteiger partial charge in [-0.1, -0.05) is 12.1 Å². The second-order valence-corrected chi connectivity index (χ2v) is 5.28. The molecule has 1 aliphatic rings. The lowest BCUT2D eigenvalue weighted by molar-refractivity contribution is 0.241. The van der Waals surface area contributed by atoms with Gasteiger partial charge in [-0.05, 0) is 23.3 Å². The molecular formula is C15H19ClN4O. The fourth-order valence-electron chi connectivity index (χ4n) is 2.64. The molecule has 1 aromatic carbocycles. The van der Waals surface area contributed by atoms with Gasteiger partial charge in [0.25, 0.3) is 5.56 Å². The minimum Gasteiger partial charge on any atom is -0.399 e. The lowest BCUT2D eigenvalue weighted by Gasteiger charge is -2.28. The number of aryl methyl sites for hydroxylation is 1. The van der Waals surface area contributed by atoms with E-state index in [1.807, 2.05) is 18.2 Å². The van der Waals surface area contributed by atoms with Gasteiger partial charge in [-0.2, -0.15) is 5.10 Å². The number of benzene rings is 1. The Balaban J connectivity index is 0.00000161. The van der Waals surface area contributed by atoms with Crippen LogP contribution in [-0.2, 0) is 26.6 Å². The molecule has 0 saturated heterocycles. The van der Waals surface area contributed by atoms with E-state index < -0.39 is 0 Å². The number of anilines is 1. The first kappa shape index (κ1) is 15.5. The molecule has 0 spiro atoms. The van der Waals surface area contributed by atoms with Crippen LogP contribution in [0.15, 0.2) is 35.1 Å². The van der Waals surface area contributed by atoms with E-state index in [1.54, 1.807) is 13.1 Å². The molecule has 1 aliphatic heterocycles. The molecule has 2 heterocycles. The average Bonchev–Trinajstić information content (AvgIpc) is 2.40. The number of nitrogens with zero attached hydrogens (tertiary/aromatic N) is 3. The standard InChI is InChI=1S/C15H18N4O.ClH/c1-18-15(20)8-12-10-19(6-5-14(12)17-18)9-11-3-2-4-13(16)7-11;/h2-4,7-8H,5-6,9-10,16H2,1H3;1H. The second-order valence-electron chi connectivity index (χ2n) is 5.28. The summed E-state index contributed by atoms with van der Waals surface area (Å²) >= 11 is 0. The van der Waals surface area contributed by atoms with Crippen LogP contribution in [-0.4, -0.2) is 21.2 Å². The molecule has 3 rings (SSSR count). The third-order valence-corrected chi connectivity index (χ3v) is 3.67. The van der Waals surface area contributed by atoms with Crippen LogP contribution in [0.2, 0.25) is 0 Å². The lowest BCUT2D eigenvalue weighted by atomic mass is 10.1. The second kappa shape index (κ2) is 6.28. The van der Waals surface area contributed by atoms with Crippen molar-refractivity contribution in [3.05, 3.63) is 57.5 Å². The number of rotatable bonds is 2. The largest absolute Gasteiger partial charge is 0.399 e. The van der Waals surface area contributed by atoms with Gasteiger partial charge in [-0.15, -0.1) is 12.4 Å². The molecule has 2 aromatic rings. The quantitative estimate of drug-likeness (QED) is 0.851. The Morgan fingerprint density at radius 2 is 2.14 bits per heavy atom. The summed E-state index contributed by atoms with van der Waals surface area (Å²) in [6, 6.07) is 9.64. The van der Waals surface area contributed by atoms with E-state index in [1.165, 1.54) is 10.2 Å². The zero-order valence-electron chi connectivity index (χ0n) is 12.0. The maximum atomic E-state index is 11.7. The molecule has 6 heteroatoms. The summed E-state index contributed by atoms with van der Waals surface area (Å²) in [4.78, 5) is 14.0. The van der Waals surface area contributed by atoms with Gasteiger partial charge in [0.15, 0.2) is 0 Å². The van der Waals surface area contributed by atoms with E-state index in [4.69, 9.17) is 5.73 Å². The van der Waals surface area contributed by atoms with Gasteiger partial charge >= 0.3 is 0 Å². The van der Waals surface area contributed by atoms with Gasteiger partial charge in [0.1, 0.15) is 0 Å². The van der Waals surface area contributed by atoms with E-state index in [9.17, 15) is 4.79 Å². The summed E-state index contributed by atoms with van der Waals surface area (Å²) in [6.07, 6.45) is 0.881. The van der Waals surface area contributed by atoms with Crippen LogP contribution >= 0.6 is 12.4 Å². The normalized spacial score (nSPS) is 14.3. The summed E-state index contributed by atoms with van der Waals surface area (Å²) < 4.78 is 1.41. The highest BCUT2D eigenvalue weighted by molar-refractivity contribution is 5.85. The first-order valence-electron chi connectivity index (χ1n) is 6.75. The van der Waals surface area contributed by atoms with Crippen molar-refractivity contribution < 1.29 is 0 Å². The molecule has 5 nitrogen and oxygen atoms in total. The van der Waals surface area contributed by atoms with Crippen LogP contribution in [0.1, 0.15) is 16.8 Å². The zero-order chi connectivity index (χ0) is 14.1. The fourth-order valence-corrected chi connectivity index (χ4v) is 2.64. The summed E-state index contributed by atoms with van der Waals surface area (Å²) in [5.41, 5.74) is 9.83. The maximum absolute atomic E-state index is 11.7. The molecule has 0 aliphatic carbocycles. The molecule has 0 atom stereocenters. The van der Waals surface area contributed by atoms with Crippen molar-refractivity contribution >= 4 is 18.1 Å². The number of hydrogen-bond donors (Lipinski definition) is 1. The lowest BCUT2D eigenvalue weighted by Crippen LogP contribution is -2.34. The number of nitrogens with two attached hydrogens (primary N) is 1. The Hall–Kier alpha value is -1.85. The number of halogens is 1. The van der Waals surface area contributed by atoms with E-state index in [0.29, 0.717) is 0 Å². The summed E-state index contributed by atoms with van der Waals surface area (Å²) in [6.45, 7) is 2.57. The Morgan fingerprint density at radius 3 is 2.90 bits per heavy atom. The summed E-state index contributed by atoms with van der Waals surface area (Å²) in [7, 11) is 1.70. The van der Waals surface area contributed by atoms with Crippen molar-refractivity contribution in [3.63, 3.8) is 0 Å². The molecule has 0 amide bonds. The minimum atomic E-state index is -0.0467. The molecule has 0 fully saturated rings. The first-order chi connectivity index (χ1) is 9.61. The van der Waals surface area contributed by atoms with Crippen LogP contribution in [0, 0.1) is 0 Å². The van der Waals surface area contributed by atoms with Crippen LogP contribution in [0.4, 0.5) is 5.69 Å². The molecule has 2 N–H and O–H groups in total. The topological polar surface area (TPSA) is 64.2 Å². The minimum absolute atomic E-state index is 0. The van der Waals surface area contributed by atoms with Crippen molar-refractivity contribution in [3.8, 4) is 0 Å². The van der Waals surface area contributed by atoms with Crippen molar-refractivity contribution in [1.29, 1.82) is 0 Å². The van der Waals surface area contributed by atoms with Gasteiger partial charge in [-0.25, -0.2) is 4.68 Å². The maximum Gasteiger partial charge on any atom is 0.266 e. The highest BCUT2D eigenvalue weighted by atomic mass is 35.5. The number of nitrogen functional groups attached to an aromatic ring is 1. The number of hydrogen-bond acceptors (Lipinski definition) is 4. The molecule has 0 unspecified atom stereocenters. The molecular weight excluding hydrogens is 288 g/mol. The van der Waals surface area contributed by atoms with Crippen LogP contribution in [0.5, 0.6) is 0 Å². The van der Waals surface area contributed by atoms with Crippen molar-refractivity contribution in [2.45, 2.75) is 19.5 Å². The Kier molecular flexibility index (Phi) is 4.65. The summed E-state index contributed by atoms with van der Waals surface area (Å²) in [5.74, 6) is 0. The number of fused-ring (bicyclic) bond motifs is 1. The van der Waals surface area contributed by atoms with E-state index in [0.717, 1.165) is 43.0 Å². The van der Waals surface area contributed by atoms with Crippen molar-refractivity contribution in [2.75, 3.05) is 12.3 Å². The van der Waals surface area contributed by atoms with Gasteiger partial charge in [0.2, 0.25) is 0 Å². The smallest absolute Gasteiger partial charge is 0.266 e. The van der Waals surface area contributed by atoms with Gasteiger partial charge in [0, 0.05) is 44.9 Å². The molecule has 112 valence electrons. The van der Waals surface area contributed by atoms with Crippen molar-refractivity contribution in [2.24, 2.45) is 7.05 Å². The summed E-state index contributed by atoms with van der Waals surface area (Å²) in [5, 5.41) is 4.33. The molecule has 1 aromatic heterocycles. The predicted molar refractivity (Wildman–Crippen MR) is 85.4 cm³/mol. The predicted octanol–water partition coefficient (Wildman–Crippen LogP) is 1.34. The van der Waals surface area contributed by atoms with Gasteiger partial charge in [-0.3, -0.25) is 9.69 Å². The Bertz CT molecular complexity index is 698. The fraction of sp³-hybridized carbons (Fsp3) is 0.333. The molecule has 0 radical (unpaired) electrons.